The molecule has 134 valence electrons. The van der Waals surface area contributed by atoms with Crippen molar-refractivity contribution in [3.8, 4) is 0 Å². The van der Waals surface area contributed by atoms with Gasteiger partial charge in [0.15, 0.2) is 0 Å². The smallest absolute Gasteiger partial charge is 0.240 e. The van der Waals surface area contributed by atoms with Crippen LogP contribution in [0.5, 0.6) is 0 Å². The molecule has 1 heterocycles. The first-order valence-electron chi connectivity index (χ1n) is 8.95. The van der Waals surface area contributed by atoms with Crippen LogP contribution in [-0.2, 0) is 16.4 Å². The molecular weight excluding hydrogens is 332 g/mol. The van der Waals surface area contributed by atoms with Gasteiger partial charge in [0.25, 0.3) is 0 Å². The second-order valence-corrected chi connectivity index (χ2v) is 8.44. The van der Waals surface area contributed by atoms with Crippen LogP contribution in [0.2, 0.25) is 0 Å². The van der Waals surface area contributed by atoms with Gasteiger partial charge in [-0.1, -0.05) is 29.8 Å². The molecule has 1 saturated heterocycles. The summed E-state index contributed by atoms with van der Waals surface area (Å²) in [5, 5.41) is 0. The van der Waals surface area contributed by atoms with Crippen molar-refractivity contribution in [2.75, 3.05) is 24.5 Å². The van der Waals surface area contributed by atoms with Gasteiger partial charge in [-0.05, 0) is 62.4 Å². The van der Waals surface area contributed by atoms with Gasteiger partial charge in [-0.2, -0.15) is 0 Å². The van der Waals surface area contributed by atoms with Crippen LogP contribution in [-0.4, -0.2) is 28.1 Å². The van der Waals surface area contributed by atoms with E-state index in [-0.39, 0.29) is 0 Å². The van der Waals surface area contributed by atoms with Crippen LogP contribution in [0.15, 0.2) is 53.4 Å². The SMILES string of the molecule is Cc1ccc(S(=O)(=O)NCCCc2ccc(N3CCCC3)cc2)cc1. The van der Waals surface area contributed by atoms with Crippen molar-refractivity contribution in [2.45, 2.75) is 37.5 Å². The summed E-state index contributed by atoms with van der Waals surface area (Å²) in [7, 11) is -3.41. The molecule has 4 nitrogen and oxygen atoms in total. The number of nitrogens with zero attached hydrogens (tertiary/aromatic N) is 1. The lowest BCUT2D eigenvalue weighted by atomic mass is 10.1. The van der Waals surface area contributed by atoms with Crippen LogP contribution in [0.4, 0.5) is 5.69 Å². The highest BCUT2D eigenvalue weighted by Crippen LogP contribution is 2.20. The van der Waals surface area contributed by atoms with E-state index >= 15 is 0 Å². The Morgan fingerprint density at radius 2 is 1.60 bits per heavy atom. The summed E-state index contributed by atoms with van der Waals surface area (Å²) in [5.74, 6) is 0. The normalized spacial score (nSPS) is 14.8. The number of rotatable bonds is 7. The van der Waals surface area contributed by atoms with Crippen LogP contribution in [0, 0.1) is 6.92 Å². The maximum atomic E-state index is 12.2. The van der Waals surface area contributed by atoms with Crippen LogP contribution in [0.25, 0.3) is 0 Å². The van der Waals surface area contributed by atoms with E-state index in [1.807, 2.05) is 19.1 Å². The number of nitrogens with one attached hydrogen (secondary N) is 1. The second kappa shape index (κ2) is 8.02. The highest BCUT2D eigenvalue weighted by Gasteiger charge is 2.13. The summed E-state index contributed by atoms with van der Waals surface area (Å²) in [5.41, 5.74) is 3.59. The zero-order valence-corrected chi connectivity index (χ0v) is 15.6. The monoisotopic (exact) mass is 358 g/mol. The van der Waals surface area contributed by atoms with E-state index in [9.17, 15) is 8.42 Å². The largest absolute Gasteiger partial charge is 0.372 e. The number of benzene rings is 2. The summed E-state index contributed by atoms with van der Waals surface area (Å²) in [6, 6.07) is 15.6. The molecule has 0 atom stereocenters. The Labute approximate surface area is 150 Å². The van der Waals surface area contributed by atoms with Gasteiger partial charge >= 0.3 is 0 Å². The minimum absolute atomic E-state index is 0.327. The van der Waals surface area contributed by atoms with Crippen molar-refractivity contribution >= 4 is 15.7 Å². The van der Waals surface area contributed by atoms with Crippen molar-refractivity contribution in [2.24, 2.45) is 0 Å². The van der Waals surface area contributed by atoms with Gasteiger partial charge < -0.3 is 4.90 Å². The van der Waals surface area contributed by atoms with Crippen LogP contribution < -0.4 is 9.62 Å². The molecule has 0 unspecified atom stereocenters. The third-order valence-corrected chi connectivity index (χ3v) is 6.15. The van der Waals surface area contributed by atoms with Gasteiger partial charge in [-0.3, -0.25) is 0 Å². The maximum absolute atomic E-state index is 12.2. The van der Waals surface area contributed by atoms with E-state index in [4.69, 9.17) is 0 Å². The molecule has 0 aliphatic carbocycles. The highest BCUT2D eigenvalue weighted by molar-refractivity contribution is 7.89. The molecule has 3 rings (SSSR count). The Kier molecular flexibility index (Phi) is 5.76. The van der Waals surface area contributed by atoms with E-state index in [1.165, 1.54) is 24.1 Å². The van der Waals surface area contributed by atoms with Crippen LogP contribution in [0.3, 0.4) is 0 Å². The predicted octanol–water partition coefficient (Wildman–Crippen LogP) is 3.51. The Morgan fingerprint density at radius 1 is 0.960 bits per heavy atom. The molecule has 1 N–H and O–H groups in total. The Hall–Kier alpha value is -1.85. The molecule has 0 aromatic heterocycles. The molecule has 2 aromatic rings. The summed E-state index contributed by atoms with van der Waals surface area (Å²) in [4.78, 5) is 2.74. The molecule has 5 heteroatoms. The van der Waals surface area contributed by atoms with Crippen molar-refractivity contribution in [1.82, 2.24) is 4.72 Å². The van der Waals surface area contributed by atoms with Gasteiger partial charge in [0, 0.05) is 25.3 Å². The second-order valence-electron chi connectivity index (χ2n) is 6.67. The van der Waals surface area contributed by atoms with E-state index in [1.54, 1.807) is 12.1 Å². The fourth-order valence-electron chi connectivity index (χ4n) is 3.15. The molecule has 0 spiro atoms. The summed E-state index contributed by atoms with van der Waals surface area (Å²) in [6.07, 6.45) is 4.22. The molecule has 0 radical (unpaired) electrons. The van der Waals surface area contributed by atoms with Gasteiger partial charge in [0.2, 0.25) is 10.0 Å². The first kappa shape index (κ1) is 18.0. The fourth-order valence-corrected chi connectivity index (χ4v) is 4.22. The zero-order valence-electron chi connectivity index (χ0n) is 14.7. The lowest BCUT2D eigenvalue weighted by Crippen LogP contribution is -2.25. The third-order valence-electron chi connectivity index (χ3n) is 4.67. The Bertz CT molecular complexity index is 777. The molecule has 0 saturated carbocycles. The van der Waals surface area contributed by atoms with E-state index < -0.39 is 10.0 Å². The zero-order chi connectivity index (χ0) is 17.7. The minimum atomic E-state index is -3.41. The Balaban J connectivity index is 1.47. The van der Waals surface area contributed by atoms with Crippen LogP contribution >= 0.6 is 0 Å². The van der Waals surface area contributed by atoms with Crippen molar-refractivity contribution in [1.29, 1.82) is 0 Å². The number of hydrogen-bond donors (Lipinski definition) is 1. The molecule has 1 fully saturated rings. The van der Waals surface area contributed by atoms with Gasteiger partial charge in [-0.25, -0.2) is 13.1 Å². The first-order chi connectivity index (χ1) is 12.0. The molecular formula is C20H26N2O2S. The minimum Gasteiger partial charge on any atom is -0.372 e. The Morgan fingerprint density at radius 3 is 2.24 bits per heavy atom. The highest BCUT2D eigenvalue weighted by atomic mass is 32.2. The topological polar surface area (TPSA) is 49.4 Å². The number of sulfonamides is 1. The quantitative estimate of drug-likeness (QED) is 0.771. The predicted molar refractivity (Wildman–Crippen MR) is 103 cm³/mol. The van der Waals surface area contributed by atoms with Crippen molar-refractivity contribution in [3.05, 3.63) is 59.7 Å². The molecule has 2 aromatic carbocycles. The lowest BCUT2D eigenvalue weighted by Gasteiger charge is -2.17. The van der Waals surface area contributed by atoms with E-state index in [2.05, 4.69) is 33.9 Å². The van der Waals surface area contributed by atoms with Crippen LogP contribution in [0.1, 0.15) is 30.4 Å². The summed E-state index contributed by atoms with van der Waals surface area (Å²) >= 11 is 0. The average molecular weight is 359 g/mol. The number of aryl methyl sites for hydroxylation is 2. The molecule has 25 heavy (non-hydrogen) atoms. The number of anilines is 1. The van der Waals surface area contributed by atoms with E-state index in [0.717, 1.165) is 31.5 Å². The summed E-state index contributed by atoms with van der Waals surface area (Å²) < 4.78 is 27.1. The van der Waals surface area contributed by atoms with E-state index in [0.29, 0.717) is 11.4 Å². The first-order valence-corrected chi connectivity index (χ1v) is 10.4. The molecule has 1 aliphatic heterocycles. The van der Waals surface area contributed by atoms with Crippen molar-refractivity contribution < 1.29 is 8.42 Å². The van der Waals surface area contributed by atoms with Gasteiger partial charge in [0.05, 0.1) is 4.90 Å². The van der Waals surface area contributed by atoms with Gasteiger partial charge in [-0.15, -0.1) is 0 Å². The van der Waals surface area contributed by atoms with Crippen molar-refractivity contribution in [3.63, 3.8) is 0 Å². The third kappa shape index (κ3) is 4.83. The number of hydrogen-bond acceptors (Lipinski definition) is 3. The van der Waals surface area contributed by atoms with Gasteiger partial charge in [0.1, 0.15) is 0 Å². The standard InChI is InChI=1S/C20H26N2O2S/c1-17-6-12-20(13-7-17)25(23,24)21-14-4-5-18-8-10-19(11-9-18)22-15-2-3-16-22/h6-13,21H,2-5,14-16H2,1H3. The fraction of sp³-hybridized carbons (Fsp3) is 0.400. The molecule has 0 amide bonds. The molecule has 1 aliphatic rings. The maximum Gasteiger partial charge on any atom is 0.240 e. The summed E-state index contributed by atoms with van der Waals surface area (Å²) in [6.45, 7) is 4.70. The lowest BCUT2D eigenvalue weighted by molar-refractivity contribution is 0.579. The average Bonchev–Trinajstić information content (AvgIpc) is 3.14. The molecule has 0 bridgehead atoms.